The van der Waals surface area contributed by atoms with Gasteiger partial charge in [-0.2, -0.15) is 0 Å². The second-order valence-electron chi connectivity index (χ2n) is 5.04. The van der Waals surface area contributed by atoms with E-state index >= 15 is 0 Å². The van der Waals surface area contributed by atoms with Crippen molar-refractivity contribution in [2.24, 2.45) is 0 Å². The molecule has 1 unspecified atom stereocenters. The van der Waals surface area contributed by atoms with Crippen LogP contribution < -0.4 is 10.1 Å². The lowest BCUT2D eigenvalue weighted by molar-refractivity contribution is 0.246. The van der Waals surface area contributed by atoms with Crippen LogP contribution >= 0.6 is 0 Å². The number of imidazole rings is 1. The summed E-state index contributed by atoms with van der Waals surface area (Å²) in [4.78, 5) is 7.76. The summed E-state index contributed by atoms with van der Waals surface area (Å²) in [7, 11) is 0. The van der Waals surface area contributed by atoms with E-state index in [-0.39, 0.29) is 6.10 Å². The summed E-state index contributed by atoms with van der Waals surface area (Å²) in [6.07, 6.45) is 1.12. The smallest absolute Gasteiger partial charge is 0.201 e. The largest absolute Gasteiger partial charge is 0.488 e. The van der Waals surface area contributed by atoms with Crippen LogP contribution in [0.1, 0.15) is 5.56 Å². The van der Waals surface area contributed by atoms with Gasteiger partial charge in [-0.3, -0.25) is 0 Å². The molecule has 0 saturated heterocycles. The molecule has 4 rings (SSSR count). The average Bonchev–Trinajstić information content (AvgIpc) is 3.07. The van der Waals surface area contributed by atoms with E-state index in [1.807, 2.05) is 36.4 Å². The Balaban J connectivity index is 1.44. The molecule has 1 aliphatic rings. The number of hydrogen-bond acceptors (Lipinski definition) is 3. The van der Waals surface area contributed by atoms with Gasteiger partial charge in [-0.25, -0.2) is 4.98 Å². The molecule has 1 atom stereocenters. The molecule has 0 saturated carbocycles. The first-order valence-electron chi connectivity index (χ1n) is 6.82. The van der Waals surface area contributed by atoms with Crippen molar-refractivity contribution in [1.29, 1.82) is 0 Å². The van der Waals surface area contributed by atoms with Gasteiger partial charge in [0.05, 0.1) is 17.6 Å². The molecular weight excluding hydrogens is 250 g/mol. The number of nitrogens with one attached hydrogen (secondary N) is 2. The SMILES string of the molecule is c1ccc2c(c1)CC(CNc1nc3ccccc3[nH]1)O2. The average molecular weight is 265 g/mol. The van der Waals surface area contributed by atoms with Crippen LogP contribution in [0.2, 0.25) is 0 Å². The molecule has 2 N–H and O–H groups in total. The Kier molecular flexibility index (Phi) is 2.59. The molecule has 0 spiro atoms. The number of aromatic nitrogens is 2. The summed E-state index contributed by atoms with van der Waals surface area (Å²) in [5, 5.41) is 3.32. The Morgan fingerprint density at radius 2 is 2.00 bits per heavy atom. The first-order chi connectivity index (χ1) is 9.88. The molecule has 0 fully saturated rings. The predicted molar refractivity (Wildman–Crippen MR) is 79.1 cm³/mol. The van der Waals surface area contributed by atoms with E-state index in [2.05, 4.69) is 27.4 Å². The van der Waals surface area contributed by atoms with Gasteiger partial charge in [-0.1, -0.05) is 30.3 Å². The van der Waals surface area contributed by atoms with Gasteiger partial charge in [0.2, 0.25) is 5.95 Å². The molecule has 0 amide bonds. The van der Waals surface area contributed by atoms with Gasteiger partial charge < -0.3 is 15.0 Å². The minimum Gasteiger partial charge on any atom is -0.488 e. The quantitative estimate of drug-likeness (QED) is 0.765. The second-order valence-corrected chi connectivity index (χ2v) is 5.04. The van der Waals surface area contributed by atoms with Crippen LogP contribution in [0.4, 0.5) is 5.95 Å². The lowest BCUT2D eigenvalue weighted by Crippen LogP contribution is -2.24. The molecule has 0 bridgehead atoms. The third kappa shape index (κ3) is 1.99. The second kappa shape index (κ2) is 4.56. The van der Waals surface area contributed by atoms with E-state index < -0.39 is 0 Å². The fraction of sp³-hybridized carbons (Fsp3) is 0.188. The molecule has 2 aromatic carbocycles. The monoisotopic (exact) mass is 265 g/mol. The molecule has 1 aromatic heterocycles. The number of fused-ring (bicyclic) bond motifs is 2. The standard InChI is InChI=1S/C16H15N3O/c1-4-8-15-11(5-1)9-12(20-15)10-17-16-18-13-6-2-3-7-14(13)19-16/h1-8,12H,9-10H2,(H2,17,18,19). The number of anilines is 1. The number of benzene rings is 2. The number of ether oxygens (including phenoxy) is 1. The van der Waals surface area contributed by atoms with E-state index in [4.69, 9.17) is 4.74 Å². The van der Waals surface area contributed by atoms with Gasteiger partial charge in [-0.15, -0.1) is 0 Å². The maximum Gasteiger partial charge on any atom is 0.201 e. The minimum atomic E-state index is 0.167. The van der Waals surface area contributed by atoms with Crippen molar-refractivity contribution >= 4 is 17.0 Å². The molecule has 0 radical (unpaired) electrons. The first-order valence-corrected chi connectivity index (χ1v) is 6.82. The van der Waals surface area contributed by atoms with Crippen molar-refractivity contribution in [1.82, 2.24) is 9.97 Å². The van der Waals surface area contributed by atoms with Crippen LogP contribution in [0.25, 0.3) is 11.0 Å². The molecule has 1 aliphatic heterocycles. The van der Waals surface area contributed by atoms with Crippen molar-refractivity contribution in [2.45, 2.75) is 12.5 Å². The van der Waals surface area contributed by atoms with Gasteiger partial charge in [-0.05, 0) is 23.8 Å². The van der Waals surface area contributed by atoms with Crippen molar-refractivity contribution in [3.63, 3.8) is 0 Å². The maximum atomic E-state index is 5.90. The highest BCUT2D eigenvalue weighted by atomic mass is 16.5. The zero-order chi connectivity index (χ0) is 13.4. The Hall–Kier alpha value is -2.49. The van der Waals surface area contributed by atoms with Crippen LogP contribution in [0.5, 0.6) is 5.75 Å². The molecule has 4 heteroatoms. The zero-order valence-electron chi connectivity index (χ0n) is 11.0. The Morgan fingerprint density at radius 3 is 2.90 bits per heavy atom. The zero-order valence-corrected chi connectivity index (χ0v) is 11.0. The summed E-state index contributed by atoms with van der Waals surface area (Å²) in [6.45, 7) is 0.745. The van der Waals surface area contributed by atoms with Crippen LogP contribution in [-0.2, 0) is 6.42 Å². The van der Waals surface area contributed by atoms with E-state index in [9.17, 15) is 0 Å². The maximum absolute atomic E-state index is 5.90. The highest BCUT2D eigenvalue weighted by Gasteiger charge is 2.22. The summed E-state index contributed by atoms with van der Waals surface area (Å²) >= 11 is 0. The first kappa shape index (κ1) is 11.3. The lowest BCUT2D eigenvalue weighted by atomic mass is 10.1. The van der Waals surface area contributed by atoms with Gasteiger partial charge >= 0.3 is 0 Å². The summed E-state index contributed by atoms with van der Waals surface area (Å²) in [5.74, 6) is 1.80. The molecule has 3 aromatic rings. The molecule has 4 nitrogen and oxygen atoms in total. The Morgan fingerprint density at radius 1 is 1.15 bits per heavy atom. The van der Waals surface area contributed by atoms with Crippen LogP contribution in [-0.4, -0.2) is 22.6 Å². The van der Waals surface area contributed by atoms with Gasteiger partial charge in [0.25, 0.3) is 0 Å². The predicted octanol–water partition coefficient (Wildman–Crippen LogP) is 2.98. The number of para-hydroxylation sites is 3. The van der Waals surface area contributed by atoms with E-state index in [0.29, 0.717) is 0 Å². The van der Waals surface area contributed by atoms with Crippen molar-refractivity contribution in [3.05, 3.63) is 54.1 Å². The van der Waals surface area contributed by atoms with Gasteiger partial charge in [0.1, 0.15) is 11.9 Å². The van der Waals surface area contributed by atoms with E-state index in [0.717, 1.165) is 35.7 Å². The molecule has 20 heavy (non-hydrogen) atoms. The Bertz CT molecular complexity index is 692. The summed E-state index contributed by atoms with van der Waals surface area (Å²) in [6, 6.07) is 16.2. The minimum absolute atomic E-state index is 0.167. The number of rotatable bonds is 3. The topological polar surface area (TPSA) is 49.9 Å². The Labute approximate surface area is 116 Å². The summed E-state index contributed by atoms with van der Waals surface area (Å²) < 4.78 is 5.90. The van der Waals surface area contributed by atoms with Gasteiger partial charge in [0, 0.05) is 6.42 Å². The highest BCUT2D eigenvalue weighted by molar-refractivity contribution is 5.77. The number of aromatic amines is 1. The van der Waals surface area contributed by atoms with Crippen molar-refractivity contribution in [2.75, 3.05) is 11.9 Å². The highest BCUT2D eigenvalue weighted by Crippen LogP contribution is 2.28. The molecule has 0 aliphatic carbocycles. The van der Waals surface area contributed by atoms with Crippen LogP contribution in [0.3, 0.4) is 0 Å². The lowest BCUT2D eigenvalue weighted by Gasteiger charge is -2.10. The normalized spacial score (nSPS) is 16.9. The van der Waals surface area contributed by atoms with Crippen LogP contribution in [0, 0.1) is 0 Å². The molecule has 100 valence electrons. The fourth-order valence-electron chi connectivity index (χ4n) is 2.61. The van der Waals surface area contributed by atoms with E-state index in [1.54, 1.807) is 0 Å². The van der Waals surface area contributed by atoms with Crippen molar-refractivity contribution in [3.8, 4) is 5.75 Å². The van der Waals surface area contributed by atoms with Gasteiger partial charge in [0.15, 0.2) is 0 Å². The number of hydrogen-bond donors (Lipinski definition) is 2. The summed E-state index contributed by atoms with van der Waals surface area (Å²) in [5.41, 5.74) is 3.31. The third-order valence-corrected chi connectivity index (χ3v) is 3.60. The molecule has 2 heterocycles. The third-order valence-electron chi connectivity index (χ3n) is 3.60. The van der Waals surface area contributed by atoms with E-state index in [1.165, 1.54) is 5.56 Å². The number of nitrogens with zero attached hydrogens (tertiary/aromatic N) is 1. The van der Waals surface area contributed by atoms with Crippen LogP contribution in [0.15, 0.2) is 48.5 Å². The van der Waals surface area contributed by atoms with Crippen molar-refractivity contribution < 1.29 is 4.74 Å². The molecular formula is C16H15N3O. The number of H-pyrrole nitrogens is 1. The fourth-order valence-corrected chi connectivity index (χ4v) is 2.61.